The third-order valence-electron chi connectivity index (χ3n) is 1.77. The van der Waals surface area contributed by atoms with Crippen molar-refractivity contribution in [2.45, 2.75) is 12.8 Å². The van der Waals surface area contributed by atoms with E-state index in [9.17, 15) is 9.59 Å². The molecule has 0 fully saturated rings. The van der Waals surface area contributed by atoms with E-state index in [2.05, 4.69) is 16.2 Å². The number of esters is 1. The predicted octanol–water partition coefficient (Wildman–Crippen LogP) is 0.768. The summed E-state index contributed by atoms with van der Waals surface area (Å²) in [4.78, 5) is 22.4. The molecule has 0 spiro atoms. The Balaban J connectivity index is 0. The molecule has 0 aromatic heterocycles. The number of halogens is 1. The topological polar surface area (TPSA) is 72.6 Å². The van der Waals surface area contributed by atoms with Gasteiger partial charge in [-0.3, -0.25) is 9.59 Å². The van der Waals surface area contributed by atoms with E-state index in [0.29, 0.717) is 12.0 Å². The Morgan fingerprint density at radius 3 is 2.18 bits per heavy atom. The van der Waals surface area contributed by atoms with Gasteiger partial charge in [-0.05, 0) is 33.5 Å². The van der Waals surface area contributed by atoms with E-state index in [1.165, 1.54) is 7.11 Å². The predicted molar refractivity (Wildman–Crippen MR) is 68.9 cm³/mol. The largest absolute Gasteiger partial charge is 0.468 e. The zero-order chi connectivity index (χ0) is 13.8. The van der Waals surface area contributed by atoms with Crippen molar-refractivity contribution in [2.24, 2.45) is 5.73 Å². The first-order valence-electron chi connectivity index (χ1n) is 5.10. The Morgan fingerprint density at radius 2 is 1.94 bits per heavy atom. The average Bonchev–Trinajstić information content (AvgIpc) is 2.28. The molecule has 0 saturated heterocycles. The minimum absolute atomic E-state index is 0.0590. The molecule has 0 heterocycles. The third kappa shape index (κ3) is 14.9. The third-order valence-corrected chi connectivity index (χ3v) is 1.99. The second kappa shape index (κ2) is 11.4. The van der Waals surface area contributed by atoms with Crippen molar-refractivity contribution in [1.29, 1.82) is 0 Å². The number of primary amides is 1. The molecule has 0 aliphatic rings. The Labute approximate surface area is 108 Å². The lowest BCUT2D eigenvalue weighted by Gasteiger charge is -2.08. The average molecular weight is 265 g/mol. The zero-order valence-corrected chi connectivity index (χ0v) is 11.4. The number of ether oxygens (including phenoxy) is 1. The maximum absolute atomic E-state index is 10.5. The van der Waals surface area contributed by atoms with Gasteiger partial charge in [-0.15, -0.1) is 11.6 Å². The molecule has 0 radical (unpaired) electrons. The zero-order valence-electron chi connectivity index (χ0n) is 10.7. The maximum atomic E-state index is 10.5. The number of nitrogens with two attached hydrogens (primary N) is 1. The molecule has 0 unspecified atom stereocenters. The standard InChI is InChI=1S/C8H16N2O.C3H5ClO2/c1-7(8(9)11)5-4-6-10(2)3;1-6-3(5)2-4/h1,4-6H2,2-3H3,(H2,9,11);2H2,1H3. The van der Waals surface area contributed by atoms with Gasteiger partial charge < -0.3 is 15.4 Å². The van der Waals surface area contributed by atoms with Gasteiger partial charge in [-0.2, -0.15) is 0 Å². The molecule has 0 aliphatic heterocycles. The molecule has 0 bridgehead atoms. The number of hydrogen-bond acceptors (Lipinski definition) is 4. The molecule has 17 heavy (non-hydrogen) atoms. The van der Waals surface area contributed by atoms with Crippen LogP contribution in [0.3, 0.4) is 0 Å². The van der Waals surface area contributed by atoms with Gasteiger partial charge in [0.1, 0.15) is 5.88 Å². The van der Waals surface area contributed by atoms with Crippen LogP contribution in [-0.4, -0.2) is 50.4 Å². The van der Waals surface area contributed by atoms with Crippen LogP contribution in [0.25, 0.3) is 0 Å². The first kappa shape index (κ1) is 18.3. The van der Waals surface area contributed by atoms with Gasteiger partial charge in [0.15, 0.2) is 0 Å². The van der Waals surface area contributed by atoms with E-state index in [1.54, 1.807) is 0 Å². The molecule has 2 N–H and O–H groups in total. The van der Waals surface area contributed by atoms with Crippen LogP contribution >= 0.6 is 11.6 Å². The van der Waals surface area contributed by atoms with Crippen molar-refractivity contribution < 1.29 is 14.3 Å². The first-order valence-corrected chi connectivity index (χ1v) is 5.63. The normalized spacial score (nSPS) is 9.24. The lowest BCUT2D eigenvalue weighted by atomic mass is 10.1. The number of nitrogens with zero attached hydrogens (tertiary/aromatic N) is 1. The van der Waals surface area contributed by atoms with Gasteiger partial charge in [-0.1, -0.05) is 6.58 Å². The van der Waals surface area contributed by atoms with Crippen molar-refractivity contribution in [3.8, 4) is 0 Å². The molecule has 0 aliphatic carbocycles. The van der Waals surface area contributed by atoms with Gasteiger partial charge in [0, 0.05) is 5.57 Å². The Bertz CT molecular complexity index is 249. The summed E-state index contributed by atoms with van der Waals surface area (Å²) in [5, 5.41) is 0. The van der Waals surface area contributed by atoms with E-state index in [4.69, 9.17) is 17.3 Å². The van der Waals surface area contributed by atoms with Gasteiger partial charge >= 0.3 is 5.97 Å². The van der Waals surface area contributed by atoms with Crippen molar-refractivity contribution >= 4 is 23.5 Å². The summed E-state index contributed by atoms with van der Waals surface area (Å²) in [6, 6.07) is 0. The molecule has 5 nitrogen and oxygen atoms in total. The highest BCUT2D eigenvalue weighted by Crippen LogP contribution is 2.00. The van der Waals surface area contributed by atoms with Crippen LogP contribution in [-0.2, 0) is 14.3 Å². The van der Waals surface area contributed by atoms with Gasteiger partial charge in [0.2, 0.25) is 5.91 Å². The fourth-order valence-electron chi connectivity index (χ4n) is 0.786. The fraction of sp³-hybridized carbons (Fsp3) is 0.636. The van der Waals surface area contributed by atoms with Gasteiger partial charge in [0.25, 0.3) is 0 Å². The number of amides is 1. The summed E-state index contributed by atoms with van der Waals surface area (Å²) in [5.74, 6) is -0.836. The van der Waals surface area contributed by atoms with E-state index >= 15 is 0 Å². The van der Waals surface area contributed by atoms with Gasteiger partial charge in [0.05, 0.1) is 7.11 Å². The van der Waals surface area contributed by atoms with Crippen LogP contribution in [0.4, 0.5) is 0 Å². The van der Waals surface area contributed by atoms with E-state index in [0.717, 1.165) is 13.0 Å². The monoisotopic (exact) mass is 264 g/mol. The highest BCUT2D eigenvalue weighted by molar-refractivity contribution is 6.26. The first-order chi connectivity index (χ1) is 7.84. The van der Waals surface area contributed by atoms with E-state index in [-0.39, 0.29) is 11.8 Å². The van der Waals surface area contributed by atoms with Crippen LogP contribution in [0.5, 0.6) is 0 Å². The van der Waals surface area contributed by atoms with Crippen molar-refractivity contribution in [2.75, 3.05) is 33.6 Å². The van der Waals surface area contributed by atoms with Crippen LogP contribution in [0.15, 0.2) is 12.2 Å². The molecule has 1 amide bonds. The Morgan fingerprint density at radius 1 is 1.41 bits per heavy atom. The Kier molecular flexibility index (Phi) is 12.3. The van der Waals surface area contributed by atoms with E-state index in [1.807, 2.05) is 14.1 Å². The van der Waals surface area contributed by atoms with Crippen LogP contribution in [0, 0.1) is 0 Å². The van der Waals surface area contributed by atoms with Crippen molar-refractivity contribution in [3.05, 3.63) is 12.2 Å². The highest BCUT2D eigenvalue weighted by Gasteiger charge is 2.00. The summed E-state index contributed by atoms with van der Waals surface area (Å²) in [5.41, 5.74) is 5.52. The molecule has 0 saturated carbocycles. The van der Waals surface area contributed by atoms with E-state index < -0.39 is 5.97 Å². The Hall–Kier alpha value is -1.07. The number of carbonyl (C=O) groups excluding carboxylic acids is 2. The van der Waals surface area contributed by atoms with Gasteiger partial charge in [-0.25, -0.2) is 0 Å². The molecular weight excluding hydrogens is 244 g/mol. The molecule has 0 aromatic carbocycles. The number of rotatable bonds is 6. The number of methoxy groups -OCH3 is 1. The maximum Gasteiger partial charge on any atom is 0.320 e. The summed E-state index contributed by atoms with van der Waals surface area (Å²) in [7, 11) is 5.28. The van der Waals surface area contributed by atoms with Crippen molar-refractivity contribution in [3.63, 3.8) is 0 Å². The SMILES string of the molecule is C=C(CCCN(C)C)C(N)=O.COC(=O)CCl. The molecule has 0 rings (SSSR count). The smallest absolute Gasteiger partial charge is 0.320 e. The second-order valence-electron chi connectivity index (χ2n) is 3.58. The lowest BCUT2D eigenvalue weighted by molar-refractivity contribution is -0.137. The minimum atomic E-state index is -0.392. The number of hydrogen-bond donors (Lipinski definition) is 1. The lowest BCUT2D eigenvalue weighted by Crippen LogP contribution is -2.16. The van der Waals surface area contributed by atoms with Crippen LogP contribution in [0.2, 0.25) is 0 Å². The summed E-state index contributed by atoms with van der Waals surface area (Å²) < 4.78 is 4.13. The number of carbonyl (C=O) groups is 2. The highest BCUT2D eigenvalue weighted by atomic mass is 35.5. The van der Waals surface area contributed by atoms with Crippen LogP contribution < -0.4 is 5.73 Å². The molecule has 0 atom stereocenters. The molecule has 6 heteroatoms. The minimum Gasteiger partial charge on any atom is -0.468 e. The van der Waals surface area contributed by atoms with Crippen molar-refractivity contribution in [1.82, 2.24) is 4.90 Å². The number of alkyl halides is 1. The fourth-order valence-corrected chi connectivity index (χ4v) is 0.896. The summed E-state index contributed by atoms with van der Waals surface area (Å²) in [6.07, 6.45) is 1.64. The summed E-state index contributed by atoms with van der Waals surface area (Å²) >= 11 is 4.98. The quantitative estimate of drug-likeness (QED) is 0.437. The molecule has 0 aromatic rings. The molecule has 100 valence electrons. The van der Waals surface area contributed by atoms with Crippen LogP contribution in [0.1, 0.15) is 12.8 Å². The second-order valence-corrected chi connectivity index (χ2v) is 3.85. The summed E-state index contributed by atoms with van der Waals surface area (Å²) in [6.45, 7) is 4.52. The molecular formula is C11H21ClN2O3.